The third kappa shape index (κ3) is 4.37. The zero-order valence-corrected chi connectivity index (χ0v) is 14.4. The van der Waals surface area contributed by atoms with Crippen LogP contribution in [0.5, 0.6) is 0 Å². The Morgan fingerprint density at radius 1 is 1.39 bits per heavy atom. The van der Waals surface area contributed by atoms with E-state index in [1.807, 2.05) is 24.3 Å². The number of halogens is 1. The molecule has 1 aromatic rings. The highest BCUT2D eigenvalue weighted by molar-refractivity contribution is 6.31. The van der Waals surface area contributed by atoms with E-state index >= 15 is 0 Å². The Kier molecular flexibility index (Phi) is 5.75. The lowest BCUT2D eigenvalue weighted by Crippen LogP contribution is -2.51. The van der Waals surface area contributed by atoms with Gasteiger partial charge in [-0.25, -0.2) is 0 Å². The third-order valence-electron chi connectivity index (χ3n) is 4.59. The summed E-state index contributed by atoms with van der Waals surface area (Å²) in [6.07, 6.45) is 2.81. The number of nitrogens with one attached hydrogen (secondary N) is 2. The Bertz CT molecular complexity index is 551. The SMILES string of the molecule is CN=C(NCc1ccccc1Cl)NCC1CN2CCCC2CO1. The highest BCUT2D eigenvalue weighted by atomic mass is 35.5. The molecule has 0 amide bonds. The predicted octanol–water partition coefficient (Wildman–Crippen LogP) is 1.87. The topological polar surface area (TPSA) is 48.9 Å². The van der Waals surface area contributed by atoms with Crippen molar-refractivity contribution in [3.8, 4) is 0 Å². The van der Waals surface area contributed by atoms with Gasteiger partial charge < -0.3 is 15.4 Å². The minimum atomic E-state index is 0.225. The summed E-state index contributed by atoms with van der Waals surface area (Å²) in [7, 11) is 1.78. The van der Waals surface area contributed by atoms with Crippen molar-refractivity contribution in [2.45, 2.75) is 31.5 Å². The van der Waals surface area contributed by atoms with Crippen LogP contribution in [0.4, 0.5) is 0 Å². The van der Waals surface area contributed by atoms with Crippen LogP contribution in [0.25, 0.3) is 0 Å². The average Bonchev–Trinajstić information content (AvgIpc) is 3.04. The van der Waals surface area contributed by atoms with Crippen LogP contribution in [-0.2, 0) is 11.3 Å². The molecule has 0 saturated carbocycles. The smallest absolute Gasteiger partial charge is 0.191 e. The van der Waals surface area contributed by atoms with Crippen molar-refractivity contribution in [1.82, 2.24) is 15.5 Å². The monoisotopic (exact) mass is 336 g/mol. The number of aliphatic imine (C=N–C) groups is 1. The number of hydrogen-bond acceptors (Lipinski definition) is 3. The standard InChI is InChI=1S/C17H25ClN4O/c1-19-17(20-9-13-5-2-3-7-16(13)18)21-10-15-11-22-8-4-6-14(22)12-23-15/h2-3,5,7,14-15H,4,6,8-12H2,1H3,(H2,19,20,21). The highest BCUT2D eigenvalue weighted by Gasteiger charge is 2.32. The molecule has 0 aromatic heterocycles. The van der Waals surface area contributed by atoms with Crippen molar-refractivity contribution in [2.75, 3.05) is 33.3 Å². The lowest BCUT2D eigenvalue weighted by Gasteiger charge is -2.35. The molecule has 0 aliphatic carbocycles. The minimum absolute atomic E-state index is 0.225. The van der Waals surface area contributed by atoms with Gasteiger partial charge >= 0.3 is 0 Å². The van der Waals surface area contributed by atoms with E-state index in [2.05, 4.69) is 20.5 Å². The van der Waals surface area contributed by atoms with Gasteiger partial charge in [0.15, 0.2) is 5.96 Å². The van der Waals surface area contributed by atoms with E-state index in [0.717, 1.165) is 36.2 Å². The Labute approximate surface area is 143 Å². The fourth-order valence-electron chi connectivity index (χ4n) is 3.26. The van der Waals surface area contributed by atoms with Crippen molar-refractivity contribution < 1.29 is 4.74 Å². The van der Waals surface area contributed by atoms with Crippen LogP contribution in [0, 0.1) is 0 Å². The molecule has 2 N–H and O–H groups in total. The molecule has 0 bridgehead atoms. The van der Waals surface area contributed by atoms with Gasteiger partial charge in [-0.15, -0.1) is 0 Å². The molecule has 2 fully saturated rings. The summed E-state index contributed by atoms with van der Waals surface area (Å²) >= 11 is 6.18. The second-order valence-corrected chi connectivity index (χ2v) is 6.55. The molecule has 2 unspecified atom stereocenters. The molecule has 126 valence electrons. The molecule has 23 heavy (non-hydrogen) atoms. The molecule has 1 aromatic carbocycles. The number of hydrogen-bond donors (Lipinski definition) is 2. The number of guanidine groups is 1. The molecule has 2 heterocycles. The quantitative estimate of drug-likeness (QED) is 0.651. The molecule has 6 heteroatoms. The first-order chi connectivity index (χ1) is 11.3. The lowest BCUT2D eigenvalue weighted by molar-refractivity contribution is -0.0453. The van der Waals surface area contributed by atoms with Crippen LogP contribution in [0.3, 0.4) is 0 Å². The lowest BCUT2D eigenvalue weighted by atomic mass is 10.2. The zero-order valence-electron chi connectivity index (χ0n) is 13.6. The Morgan fingerprint density at radius 3 is 3.09 bits per heavy atom. The largest absolute Gasteiger partial charge is 0.373 e. The zero-order chi connectivity index (χ0) is 16.1. The molecule has 0 spiro atoms. The molecular weight excluding hydrogens is 312 g/mol. The van der Waals surface area contributed by atoms with Crippen molar-refractivity contribution in [3.05, 3.63) is 34.9 Å². The number of rotatable bonds is 4. The van der Waals surface area contributed by atoms with Gasteiger partial charge in [0.1, 0.15) is 0 Å². The van der Waals surface area contributed by atoms with Gasteiger partial charge in [0.2, 0.25) is 0 Å². The maximum atomic E-state index is 6.18. The van der Waals surface area contributed by atoms with Crippen molar-refractivity contribution in [2.24, 2.45) is 4.99 Å². The predicted molar refractivity (Wildman–Crippen MR) is 94.0 cm³/mol. The van der Waals surface area contributed by atoms with Crippen molar-refractivity contribution in [1.29, 1.82) is 0 Å². The summed E-state index contributed by atoms with van der Waals surface area (Å²) in [5.74, 6) is 0.775. The molecule has 2 aliphatic rings. The second-order valence-electron chi connectivity index (χ2n) is 6.14. The molecule has 3 rings (SSSR count). The number of nitrogens with zero attached hydrogens (tertiary/aromatic N) is 2. The van der Waals surface area contributed by atoms with E-state index in [4.69, 9.17) is 16.3 Å². The number of ether oxygens (including phenoxy) is 1. The van der Waals surface area contributed by atoms with Crippen molar-refractivity contribution >= 4 is 17.6 Å². The van der Waals surface area contributed by atoms with E-state index in [-0.39, 0.29) is 6.10 Å². The average molecular weight is 337 g/mol. The van der Waals surface area contributed by atoms with Gasteiger partial charge in [-0.3, -0.25) is 9.89 Å². The Morgan fingerprint density at radius 2 is 2.26 bits per heavy atom. The normalized spacial score (nSPS) is 25.2. The molecule has 5 nitrogen and oxygen atoms in total. The third-order valence-corrected chi connectivity index (χ3v) is 4.96. The number of benzene rings is 1. The van der Waals surface area contributed by atoms with Crippen LogP contribution in [-0.4, -0.2) is 56.3 Å². The fraction of sp³-hybridized carbons (Fsp3) is 0.588. The highest BCUT2D eigenvalue weighted by Crippen LogP contribution is 2.22. The molecule has 2 saturated heterocycles. The number of fused-ring (bicyclic) bond motifs is 1. The summed E-state index contributed by atoms with van der Waals surface area (Å²) in [5, 5.41) is 7.42. The van der Waals surface area contributed by atoms with Gasteiger partial charge in [0.25, 0.3) is 0 Å². The summed E-state index contributed by atoms with van der Waals surface area (Å²) in [6.45, 7) is 4.51. The van der Waals surface area contributed by atoms with E-state index < -0.39 is 0 Å². The number of morpholine rings is 1. The van der Waals surface area contributed by atoms with Crippen LogP contribution >= 0.6 is 11.6 Å². The summed E-state index contributed by atoms with van der Waals surface area (Å²) in [6, 6.07) is 8.48. The fourth-order valence-corrected chi connectivity index (χ4v) is 3.46. The summed E-state index contributed by atoms with van der Waals surface area (Å²) in [4.78, 5) is 6.82. The van der Waals surface area contributed by atoms with Crippen LogP contribution in [0.15, 0.2) is 29.3 Å². The van der Waals surface area contributed by atoms with Gasteiger partial charge in [0, 0.05) is 37.7 Å². The van der Waals surface area contributed by atoms with Gasteiger partial charge in [-0.05, 0) is 31.0 Å². The van der Waals surface area contributed by atoms with E-state index in [9.17, 15) is 0 Å². The van der Waals surface area contributed by atoms with Crippen LogP contribution in [0.1, 0.15) is 18.4 Å². The molecular formula is C17H25ClN4O. The second kappa shape index (κ2) is 7.99. The van der Waals surface area contributed by atoms with Gasteiger partial charge in [-0.1, -0.05) is 29.8 Å². The summed E-state index contributed by atoms with van der Waals surface area (Å²) < 4.78 is 5.96. The summed E-state index contributed by atoms with van der Waals surface area (Å²) in [5.41, 5.74) is 1.06. The minimum Gasteiger partial charge on any atom is -0.373 e. The first-order valence-corrected chi connectivity index (χ1v) is 8.67. The Balaban J connectivity index is 1.44. The van der Waals surface area contributed by atoms with Crippen LogP contribution < -0.4 is 10.6 Å². The van der Waals surface area contributed by atoms with Gasteiger partial charge in [0.05, 0.1) is 12.7 Å². The maximum Gasteiger partial charge on any atom is 0.191 e. The molecule has 0 radical (unpaired) electrons. The van der Waals surface area contributed by atoms with Crippen molar-refractivity contribution in [3.63, 3.8) is 0 Å². The van der Waals surface area contributed by atoms with E-state index in [1.54, 1.807) is 7.05 Å². The Hall–Kier alpha value is -1.30. The van der Waals surface area contributed by atoms with E-state index in [1.165, 1.54) is 19.4 Å². The van der Waals surface area contributed by atoms with Gasteiger partial charge in [-0.2, -0.15) is 0 Å². The van der Waals surface area contributed by atoms with E-state index in [0.29, 0.717) is 12.6 Å². The first kappa shape index (κ1) is 16.6. The molecule has 2 aliphatic heterocycles. The van der Waals surface area contributed by atoms with Crippen LogP contribution in [0.2, 0.25) is 5.02 Å². The molecule has 2 atom stereocenters. The first-order valence-electron chi connectivity index (χ1n) is 8.30. The maximum absolute atomic E-state index is 6.18.